The Morgan fingerprint density at radius 3 is 2.66 bits per heavy atom. The number of rotatable bonds is 4. The molecule has 0 spiro atoms. The number of thioether (sulfide) groups is 1. The van der Waals surface area contributed by atoms with E-state index >= 15 is 0 Å². The van der Waals surface area contributed by atoms with E-state index in [1.165, 1.54) is 0 Å². The number of carbonyl (C=O) groups excluding carboxylic acids is 3. The van der Waals surface area contributed by atoms with E-state index in [1.807, 2.05) is 0 Å². The number of imide groups is 1. The maximum absolute atomic E-state index is 12.6. The molecule has 1 fully saturated rings. The Kier molecular flexibility index (Phi) is 5.28. The normalized spacial score (nSPS) is 15.3. The standard InChI is InChI=1S/C20H13ClN4O3S/c21-14-4-2-1-3-12(14)9-17-19(27)25(20(28)29-17)11-18(26)24-13-5-6-15-16(10-13)23-8-7-22-15/h1-10H,11H2,(H,24,26). The van der Waals surface area contributed by atoms with Crippen molar-refractivity contribution in [1.82, 2.24) is 14.9 Å². The van der Waals surface area contributed by atoms with E-state index in [9.17, 15) is 14.4 Å². The molecule has 1 aliphatic rings. The van der Waals surface area contributed by atoms with Crippen LogP contribution in [0.3, 0.4) is 0 Å². The predicted octanol–water partition coefficient (Wildman–Crippen LogP) is 3.96. The highest BCUT2D eigenvalue weighted by atomic mass is 35.5. The van der Waals surface area contributed by atoms with Gasteiger partial charge in [-0.25, -0.2) is 0 Å². The van der Waals surface area contributed by atoms with Crippen LogP contribution in [0.5, 0.6) is 0 Å². The van der Waals surface area contributed by atoms with Gasteiger partial charge in [0.1, 0.15) is 6.54 Å². The third-order valence-electron chi connectivity index (χ3n) is 4.12. The Morgan fingerprint density at radius 2 is 1.86 bits per heavy atom. The Bertz CT molecular complexity index is 1180. The summed E-state index contributed by atoms with van der Waals surface area (Å²) in [7, 11) is 0. The average molecular weight is 425 g/mol. The number of aromatic nitrogens is 2. The van der Waals surface area contributed by atoms with Gasteiger partial charge in [0, 0.05) is 23.1 Å². The van der Waals surface area contributed by atoms with Crippen molar-refractivity contribution in [3.63, 3.8) is 0 Å². The SMILES string of the molecule is O=C(CN1C(=O)SC(=Cc2ccccc2Cl)C1=O)Nc1ccc2nccnc2c1. The monoisotopic (exact) mass is 424 g/mol. The fourth-order valence-electron chi connectivity index (χ4n) is 2.75. The summed E-state index contributed by atoms with van der Waals surface area (Å²) in [5.74, 6) is -1.02. The maximum Gasteiger partial charge on any atom is 0.294 e. The first-order valence-electron chi connectivity index (χ1n) is 8.52. The third kappa shape index (κ3) is 4.13. The summed E-state index contributed by atoms with van der Waals surface area (Å²) in [6.45, 7) is -0.386. The minimum atomic E-state index is -0.528. The number of hydrogen-bond acceptors (Lipinski definition) is 6. The molecule has 1 aromatic heterocycles. The highest BCUT2D eigenvalue weighted by Gasteiger charge is 2.36. The molecule has 3 amide bonds. The van der Waals surface area contributed by atoms with Crippen molar-refractivity contribution in [1.29, 1.82) is 0 Å². The lowest BCUT2D eigenvalue weighted by Gasteiger charge is -2.12. The number of benzene rings is 2. The predicted molar refractivity (Wildman–Crippen MR) is 112 cm³/mol. The summed E-state index contributed by atoms with van der Waals surface area (Å²) >= 11 is 6.88. The van der Waals surface area contributed by atoms with Crippen molar-refractivity contribution in [2.24, 2.45) is 0 Å². The molecule has 0 saturated carbocycles. The fraction of sp³-hybridized carbons (Fsp3) is 0.0500. The zero-order valence-electron chi connectivity index (χ0n) is 14.8. The number of carbonyl (C=O) groups is 3. The molecule has 1 aliphatic heterocycles. The van der Waals surface area contributed by atoms with Crippen LogP contribution in [0.25, 0.3) is 17.1 Å². The molecule has 0 unspecified atom stereocenters. The van der Waals surface area contributed by atoms with E-state index in [-0.39, 0.29) is 11.4 Å². The first-order chi connectivity index (χ1) is 14.0. The molecule has 3 aromatic rings. The van der Waals surface area contributed by atoms with Crippen LogP contribution in [0.1, 0.15) is 5.56 Å². The topological polar surface area (TPSA) is 92.3 Å². The molecule has 144 valence electrons. The quantitative estimate of drug-likeness (QED) is 0.637. The molecule has 0 atom stereocenters. The third-order valence-corrected chi connectivity index (χ3v) is 5.37. The van der Waals surface area contributed by atoms with Crippen LogP contribution < -0.4 is 5.32 Å². The van der Waals surface area contributed by atoms with E-state index < -0.39 is 17.1 Å². The average Bonchev–Trinajstić information content (AvgIpc) is 2.97. The van der Waals surface area contributed by atoms with Gasteiger partial charge >= 0.3 is 0 Å². The summed E-state index contributed by atoms with van der Waals surface area (Å²) in [5, 5.41) is 2.64. The van der Waals surface area contributed by atoms with E-state index in [2.05, 4.69) is 15.3 Å². The molecule has 0 aliphatic carbocycles. The number of fused-ring (bicyclic) bond motifs is 1. The van der Waals surface area contributed by atoms with E-state index in [0.29, 0.717) is 27.3 Å². The van der Waals surface area contributed by atoms with Gasteiger partial charge in [0.05, 0.1) is 15.9 Å². The van der Waals surface area contributed by atoms with Crippen molar-refractivity contribution in [2.45, 2.75) is 0 Å². The first-order valence-corrected chi connectivity index (χ1v) is 9.71. The fourth-order valence-corrected chi connectivity index (χ4v) is 3.77. The maximum atomic E-state index is 12.6. The van der Waals surface area contributed by atoms with Crippen LogP contribution in [0.4, 0.5) is 10.5 Å². The Hall–Kier alpha value is -3.23. The zero-order chi connectivity index (χ0) is 20.4. The Balaban J connectivity index is 1.47. The largest absolute Gasteiger partial charge is 0.324 e. The summed E-state index contributed by atoms with van der Waals surface area (Å²) in [4.78, 5) is 46.6. The van der Waals surface area contributed by atoms with Crippen LogP contribution in [-0.4, -0.2) is 38.5 Å². The molecule has 2 aromatic carbocycles. The van der Waals surface area contributed by atoms with Crippen LogP contribution in [0.2, 0.25) is 5.02 Å². The smallest absolute Gasteiger partial charge is 0.294 e. The van der Waals surface area contributed by atoms with Gasteiger partial charge in [-0.15, -0.1) is 0 Å². The summed E-state index contributed by atoms with van der Waals surface area (Å²) < 4.78 is 0. The van der Waals surface area contributed by atoms with E-state index in [1.54, 1.807) is 60.9 Å². The van der Waals surface area contributed by atoms with Gasteiger partial charge in [0.25, 0.3) is 11.1 Å². The van der Waals surface area contributed by atoms with Crippen molar-refractivity contribution in [2.75, 3.05) is 11.9 Å². The molecule has 4 rings (SSSR count). The van der Waals surface area contributed by atoms with Crippen molar-refractivity contribution < 1.29 is 14.4 Å². The summed E-state index contributed by atoms with van der Waals surface area (Å²) in [6, 6.07) is 12.1. The van der Waals surface area contributed by atoms with Crippen LogP contribution >= 0.6 is 23.4 Å². The number of anilines is 1. The number of halogens is 1. The number of amides is 3. The molecule has 1 saturated heterocycles. The zero-order valence-corrected chi connectivity index (χ0v) is 16.4. The van der Waals surface area contributed by atoms with Gasteiger partial charge in [-0.3, -0.25) is 29.3 Å². The number of hydrogen-bond donors (Lipinski definition) is 1. The highest BCUT2D eigenvalue weighted by Crippen LogP contribution is 2.33. The first kappa shape index (κ1) is 19.1. The second-order valence-corrected chi connectivity index (χ2v) is 7.50. The molecular formula is C20H13ClN4O3S. The van der Waals surface area contributed by atoms with Gasteiger partial charge in [0.2, 0.25) is 5.91 Å². The number of nitrogens with one attached hydrogen (secondary N) is 1. The van der Waals surface area contributed by atoms with Crippen molar-refractivity contribution in [3.8, 4) is 0 Å². The van der Waals surface area contributed by atoms with Crippen LogP contribution in [-0.2, 0) is 9.59 Å². The number of nitrogens with zero attached hydrogens (tertiary/aromatic N) is 3. The van der Waals surface area contributed by atoms with Crippen molar-refractivity contribution in [3.05, 3.63) is 70.3 Å². The lowest BCUT2D eigenvalue weighted by Crippen LogP contribution is -2.36. The molecule has 1 N–H and O–H groups in total. The van der Waals surface area contributed by atoms with E-state index in [4.69, 9.17) is 11.6 Å². The molecule has 7 nitrogen and oxygen atoms in total. The van der Waals surface area contributed by atoms with Crippen LogP contribution in [0, 0.1) is 0 Å². The minimum absolute atomic E-state index is 0.219. The second-order valence-electron chi connectivity index (χ2n) is 6.10. The molecule has 29 heavy (non-hydrogen) atoms. The van der Waals surface area contributed by atoms with E-state index in [0.717, 1.165) is 16.7 Å². The Morgan fingerprint density at radius 1 is 1.10 bits per heavy atom. The van der Waals surface area contributed by atoms with Gasteiger partial charge in [0.15, 0.2) is 0 Å². The molecule has 0 bridgehead atoms. The minimum Gasteiger partial charge on any atom is -0.324 e. The van der Waals surface area contributed by atoms with Gasteiger partial charge in [-0.1, -0.05) is 29.8 Å². The summed E-state index contributed by atoms with van der Waals surface area (Å²) in [5.41, 5.74) is 2.45. The highest BCUT2D eigenvalue weighted by molar-refractivity contribution is 8.18. The molecule has 9 heteroatoms. The Labute approximate surface area is 174 Å². The molecule has 2 heterocycles. The van der Waals surface area contributed by atoms with Gasteiger partial charge < -0.3 is 5.32 Å². The molecule has 0 radical (unpaired) electrons. The molecular weight excluding hydrogens is 412 g/mol. The lowest BCUT2D eigenvalue weighted by molar-refractivity contribution is -0.127. The van der Waals surface area contributed by atoms with Crippen LogP contribution in [0.15, 0.2) is 59.8 Å². The van der Waals surface area contributed by atoms with Crippen molar-refractivity contribution >= 4 is 63.2 Å². The second kappa shape index (κ2) is 8.02. The van der Waals surface area contributed by atoms with Gasteiger partial charge in [-0.05, 0) is 47.7 Å². The lowest BCUT2D eigenvalue weighted by atomic mass is 10.2. The van der Waals surface area contributed by atoms with Gasteiger partial charge in [-0.2, -0.15) is 0 Å². The summed E-state index contributed by atoms with van der Waals surface area (Å²) in [6.07, 6.45) is 4.68.